The number of hydrogen-bond acceptors (Lipinski definition) is 2. The highest BCUT2D eigenvalue weighted by atomic mass is 19.4. The third-order valence-electron chi connectivity index (χ3n) is 3.54. The number of nitrogens with one attached hydrogen (secondary N) is 1. The van der Waals surface area contributed by atoms with Crippen LogP contribution in [0.25, 0.3) is 0 Å². The van der Waals surface area contributed by atoms with Gasteiger partial charge in [-0.1, -0.05) is 18.2 Å². The average molecular weight is 388 g/mol. The van der Waals surface area contributed by atoms with E-state index in [1.165, 1.54) is 42.3 Å². The molecule has 0 unspecified atom stereocenters. The Bertz CT molecular complexity index is 778. The number of nitrogens with zero attached hydrogens (tertiary/aromatic N) is 1. The molecular formula is C18H17F5N2O2. The molecule has 0 bridgehead atoms. The minimum atomic E-state index is -4.42. The SMILES string of the molecule is CN(Cc1ccc(F)cc1F)C(=O)NCc1ccc(OCC(F)(F)F)cc1. The molecule has 146 valence electrons. The van der Waals surface area contributed by atoms with E-state index in [1.807, 2.05) is 0 Å². The first-order valence-electron chi connectivity index (χ1n) is 7.85. The second-order valence-electron chi connectivity index (χ2n) is 5.80. The Labute approximate surface area is 152 Å². The van der Waals surface area contributed by atoms with E-state index in [-0.39, 0.29) is 24.4 Å². The highest BCUT2D eigenvalue weighted by molar-refractivity contribution is 5.73. The van der Waals surface area contributed by atoms with E-state index in [0.29, 0.717) is 5.56 Å². The Morgan fingerprint density at radius 2 is 1.78 bits per heavy atom. The topological polar surface area (TPSA) is 41.6 Å². The van der Waals surface area contributed by atoms with Crippen molar-refractivity contribution < 1.29 is 31.5 Å². The smallest absolute Gasteiger partial charge is 0.422 e. The molecule has 2 rings (SSSR count). The minimum Gasteiger partial charge on any atom is -0.484 e. The number of rotatable bonds is 6. The van der Waals surface area contributed by atoms with Crippen LogP contribution in [0, 0.1) is 11.6 Å². The van der Waals surface area contributed by atoms with Crippen LogP contribution in [-0.4, -0.2) is 30.8 Å². The first kappa shape index (κ1) is 20.5. The largest absolute Gasteiger partial charge is 0.484 e. The monoisotopic (exact) mass is 388 g/mol. The molecule has 0 fully saturated rings. The summed E-state index contributed by atoms with van der Waals surface area (Å²) in [4.78, 5) is 13.3. The van der Waals surface area contributed by atoms with Gasteiger partial charge in [0.1, 0.15) is 17.4 Å². The first-order valence-corrected chi connectivity index (χ1v) is 7.85. The fourth-order valence-electron chi connectivity index (χ4n) is 2.16. The minimum absolute atomic E-state index is 0.0534. The van der Waals surface area contributed by atoms with E-state index in [9.17, 15) is 26.7 Å². The number of carbonyl (C=O) groups is 1. The van der Waals surface area contributed by atoms with Gasteiger partial charge in [0.15, 0.2) is 6.61 Å². The highest BCUT2D eigenvalue weighted by Gasteiger charge is 2.28. The van der Waals surface area contributed by atoms with Crippen LogP contribution in [0.2, 0.25) is 0 Å². The Morgan fingerprint density at radius 1 is 1.11 bits per heavy atom. The molecule has 0 aliphatic heterocycles. The van der Waals surface area contributed by atoms with Gasteiger partial charge in [0.2, 0.25) is 0 Å². The fraction of sp³-hybridized carbons (Fsp3) is 0.278. The summed E-state index contributed by atoms with van der Waals surface area (Å²) < 4.78 is 67.4. The molecule has 9 heteroatoms. The van der Waals surface area contributed by atoms with Gasteiger partial charge in [-0.25, -0.2) is 13.6 Å². The fourth-order valence-corrected chi connectivity index (χ4v) is 2.16. The second kappa shape index (κ2) is 8.70. The third kappa shape index (κ3) is 6.76. The van der Waals surface area contributed by atoms with Gasteiger partial charge in [-0.2, -0.15) is 13.2 Å². The summed E-state index contributed by atoms with van der Waals surface area (Å²) in [6.07, 6.45) is -4.42. The summed E-state index contributed by atoms with van der Waals surface area (Å²) in [6, 6.07) is 8.38. The van der Waals surface area contributed by atoms with Crippen molar-refractivity contribution in [2.24, 2.45) is 0 Å². The molecule has 0 radical (unpaired) electrons. The van der Waals surface area contributed by atoms with Gasteiger partial charge in [-0.15, -0.1) is 0 Å². The normalized spacial score (nSPS) is 11.2. The molecule has 0 atom stereocenters. The Hall–Kier alpha value is -2.84. The van der Waals surface area contributed by atoms with Crippen LogP contribution in [0.1, 0.15) is 11.1 Å². The maximum Gasteiger partial charge on any atom is 0.422 e. The van der Waals surface area contributed by atoms with Crippen molar-refractivity contribution in [1.29, 1.82) is 0 Å². The molecule has 0 spiro atoms. The maximum absolute atomic E-state index is 13.6. The molecule has 0 saturated heterocycles. The summed E-state index contributed by atoms with van der Waals surface area (Å²) in [5.41, 5.74) is 0.810. The lowest BCUT2D eigenvalue weighted by atomic mass is 10.2. The van der Waals surface area contributed by atoms with Crippen LogP contribution in [0.4, 0.5) is 26.7 Å². The molecule has 2 aromatic carbocycles. The quantitative estimate of drug-likeness (QED) is 0.752. The van der Waals surface area contributed by atoms with Gasteiger partial charge in [-0.3, -0.25) is 0 Å². The molecule has 27 heavy (non-hydrogen) atoms. The Kier molecular flexibility index (Phi) is 6.59. The van der Waals surface area contributed by atoms with Crippen LogP contribution in [0.3, 0.4) is 0 Å². The van der Waals surface area contributed by atoms with E-state index in [1.54, 1.807) is 0 Å². The second-order valence-corrected chi connectivity index (χ2v) is 5.80. The lowest BCUT2D eigenvalue weighted by Crippen LogP contribution is -2.36. The molecule has 1 N–H and O–H groups in total. The lowest BCUT2D eigenvalue weighted by Gasteiger charge is -2.18. The molecule has 0 aromatic heterocycles. The number of amides is 2. The number of alkyl halides is 3. The van der Waals surface area contributed by atoms with Gasteiger partial charge < -0.3 is 15.0 Å². The number of benzene rings is 2. The molecular weight excluding hydrogens is 371 g/mol. The van der Waals surface area contributed by atoms with Crippen molar-refractivity contribution in [3.63, 3.8) is 0 Å². The van der Waals surface area contributed by atoms with E-state index in [2.05, 4.69) is 10.1 Å². The standard InChI is InChI=1S/C18H17F5N2O2/c1-25(10-13-4-5-14(19)8-16(13)20)17(26)24-9-12-2-6-15(7-3-12)27-11-18(21,22)23/h2-8H,9-11H2,1H3,(H,24,26). The van der Waals surface area contributed by atoms with E-state index >= 15 is 0 Å². The molecule has 0 aliphatic rings. The average Bonchev–Trinajstić information content (AvgIpc) is 2.60. The molecule has 0 saturated carbocycles. The molecule has 2 amide bonds. The highest BCUT2D eigenvalue weighted by Crippen LogP contribution is 2.19. The predicted molar refractivity (Wildman–Crippen MR) is 88.1 cm³/mol. The predicted octanol–water partition coefficient (Wildman–Crippen LogP) is 4.25. The van der Waals surface area contributed by atoms with E-state index < -0.39 is 30.4 Å². The number of carbonyl (C=O) groups excluding carboxylic acids is 1. The van der Waals surface area contributed by atoms with Gasteiger partial charge in [0.25, 0.3) is 0 Å². The van der Waals surface area contributed by atoms with Crippen molar-refractivity contribution in [1.82, 2.24) is 10.2 Å². The zero-order chi connectivity index (χ0) is 20.0. The third-order valence-corrected chi connectivity index (χ3v) is 3.54. The van der Waals surface area contributed by atoms with Gasteiger partial charge in [-0.05, 0) is 23.8 Å². The number of hydrogen-bond donors (Lipinski definition) is 1. The maximum atomic E-state index is 13.6. The molecule has 0 aliphatic carbocycles. The number of ether oxygens (including phenoxy) is 1. The summed E-state index contributed by atoms with van der Waals surface area (Å²) in [5.74, 6) is -1.39. The van der Waals surface area contributed by atoms with Gasteiger partial charge >= 0.3 is 12.2 Å². The Balaban J connectivity index is 1.83. The van der Waals surface area contributed by atoms with Crippen LogP contribution in [-0.2, 0) is 13.1 Å². The summed E-state index contributed by atoms with van der Waals surface area (Å²) in [7, 11) is 1.45. The first-order chi connectivity index (χ1) is 12.6. The zero-order valence-electron chi connectivity index (χ0n) is 14.3. The zero-order valence-corrected chi connectivity index (χ0v) is 14.3. The van der Waals surface area contributed by atoms with Crippen LogP contribution in [0.15, 0.2) is 42.5 Å². The van der Waals surface area contributed by atoms with E-state index in [0.717, 1.165) is 12.1 Å². The van der Waals surface area contributed by atoms with Crippen molar-refractivity contribution in [2.75, 3.05) is 13.7 Å². The number of halogens is 5. The lowest BCUT2D eigenvalue weighted by molar-refractivity contribution is -0.153. The van der Waals surface area contributed by atoms with Crippen molar-refractivity contribution in [3.05, 3.63) is 65.2 Å². The van der Waals surface area contributed by atoms with Crippen molar-refractivity contribution >= 4 is 6.03 Å². The van der Waals surface area contributed by atoms with Crippen molar-refractivity contribution in [2.45, 2.75) is 19.3 Å². The van der Waals surface area contributed by atoms with Crippen LogP contribution >= 0.6 is 0 Å². The molecule has 2 aromatic rings. The summed E-state index contributed by atoms with van der Waals surface area (Å²) >= 11 is 0. The molecule has 4 nitrogen and oxygen atoms in total. The number of urea groups is 1. The van der Waals surface area contributed by atoms with Crippen LogP contribution in [0.5, 0.6) is 5.75 Å². The van der Waals surface area contributed by atoms with E-state index in [4.69, 9.17) is 0 Å². The summed E-state index contributed by atoms with van der Waals surface area (Å²) in [6.45, 7) is -1.31. The summed E-state index contributed by atoms with van der Waals surface area (Å²) in [5, 5.41) is 2.60. The van der Waals surface area contributed by atoms with Crippen molar-refractivity contribution in [3.8, 4) is 5.75 Å². The van der Waals surface area contributed by atoms with Gasteiger partial charge in [0.05, 0.1) is 0 Å². The van der Waals surface area contributed by atoms with Gasteiger partial charge in [0, 0.05) is 31.8 Å². The van der Waals surface area contributed by atoms with Crippen LogP contribution < -0.4 is 10.1 Å². The Morgan fingerprint density at radius 3 is 2.37 bits per heavy atom. The molecule has 0 heterocycles.